The molecule has 3 atom stereocenters. The van der Waals surface area contributed by atoms with Crippen molar-refractivity contribution in [3.05, 3.63) is 35.6 Å². The van der Waals surface area contributed by atoms with Gasteiger partial charge in [-0.15, -0.1) is 0 Å². The van der Waals surface area contributed by atoms with Crippen molar-refractivity contribution in [3.8, 4) is 0 Å². The molecule has 0 fully saturated rings. The molecule has 18 heavy (non-hydrogen) atoms. The van der Waals surface area contributed by atoms with Crippen molar-refractivity contribution in [3.63, 3.8) is 0 Å². The molecule has 0 aromatic heterocycles. The Balaban J connectivity index is 2.57. The first-order valence-electron chi connectivity index (χ1n) is 5.49. The Labute approximate surface area is 104 Å². The zero-order valence-corrected chi connectivity index (χ0v) is 9.88. The van der Waals surface area contributed by atoms with E-state index in [9.17, 15) is 19.4 Å². The first kappa shape index (κ1) is 14.6. The largest absolute Gasteiger partial charge is 0.480 e. The molecule has 0 saturated heterocycles. The second-order valence-electron chi connectivity index (χ2n) is 4.03. The van der Waals surface area contributed by atoms with Crippen LogP contribution >= 0.6 is 0 Å². The van der Waals surface area contributed by atoms with Gasteiger partial charge in [0.15, 0.2) is 0 Å². The predicted molar refractivity (Wildman–Crippen MR) is 62.5 cm³/mol. The number of aliphatic hydroxyl groups excluding tert-OH is 2. The summed E-state index contributed by atoms with van der Waals surface area (Å²) in [5.74, 6) is -1.61. The van der Waals surface area contributed by atoms with Crippen molar-refractivity contribution >= 4 is 5.97 Å². The average molecular weight is 257 g/mol. The third-order valence-electron chi connectivity index (χ3n) is 2.53. The standard InChI is InChI=1S/C12H16FNO4/c1-7(15)11(12(17)18)14-6-10(16)8-2-4-9(13)5-3-8/h2-5,7,10-11,14-16H,6H2,1H3,(H,17,18). The van der Waals surface area contributed by atoms with Gasteiger partial charge in [-0.3, -0.25) is 10.1 Å². The first-order valence-corrected chi connectivity index (χ1v) is 5.49. The number of carboxylic acids is 1. The molecule has 1 aromatic rings. The fourth-order valence-electron chi connectivity index (χ4n) is 1.51. The summed E-state index contributed by atoms with van der Waals surface area (Å²) in [5, 5.41) is 30.3. The fourth-order valence-corrected chi connectivity index (χ4v) is 1.51. The average Bonchev–Trinajstić information content (AvgIpc) is 2.28. The number of aliphatic carboxylic acids is 1. The van der Waals surface area contributed by atoms with E-state index in [1.165, 1.54) is 31.2 Å². The molecular formula is C12H16FNO4. The van der Waals surface area contributed by atoms with Crippen molar-refractivity contribution in [2.24, 2.45) is 0 Å². The van der Waals surface area contributed by atoms with E-state index in [0.717, 1.165) is 0 Å². The Morgan fingerprint density at radius 1 is 1.33 bits per heavy atom. The highest BCUT2D eigenvalue weighted by atomic mass is 19.1. The van der Waals surface area contributed by atoms with Gasteiger partial charge in [-0.2, -0.15) is 0 Å². The Bertz CT molecular complexity index is 394. The molecule has 6 heteroatoms. The molecule has 0 bridgehead atoms. The summed E-state index contributed by atoms with van der Waals surface area (Å²) in [4.78, 5) is 10.8. The minimum Gasteiger partial charge on any atom is -0.480 e. The van der Waals surface area contributed by atoms with E-state index in [1.807, 2.05) is 0 Å². The molecule has 0 aliphatic rings. The maximum Gasteiger partial charge on any atom is 0.323 e. The van der Waals surface area contributed by atoms with Crippen LogP contribution in [0, 0.1) is 5.82 Å². The van der Waals surface area contributed by atoms with E-state index in [2.05, 4.69) is 5.32 Å². The van der Waals surface area contributed by atoms with Gasteiger partial charge in [-0.05, 0) is 24.6 Å². The lowest BCUT2D eigenvalue weighted by molar-refractivity contribution is -0.142. The summed E-state index contributed by atoms with van der Waals surface area (Å²) < 4.78 is 12.7. The number of aliphatic hydroxyl groups is 2. The number of nitrogens with one attached hydrogen (secondary N) is 1. The molecule has 5 nitrogen and oxygen atoms in total. The molecule has 0 aliphatic heterocycles. The Morgan fingerprint density at radius 3 is 2.33 bits per heavy atom. The number of carboxylic acid groups (broad SMARTS) is 1. The molecule has 0 heterocycles. The van der Waals surface area contributed by atoms with Crippen molar-refractivity contribution in [1.82, 2.24) is 5.32 Å². The first-order chi connectivity index (χ1) is 8.41. The molecule has 3 unspecified atom stereocenters. The summed E-state index contributed by atoms with van der Waals surface area (Å²) >= 11 is 0. The third-order valence-corrected chi connectivity index (χ3v) is 2.53. The van der Waals surface area contributed by atoms with Crippen LogP contribution in [-0.2, 0) is 4.79 Å². The van der Waals surface area contributed by atoms with Crippen molar-refractivity contribution in [1.29, 1.82) is 0 Å². The number of carbonyl (C=O) groups is 1. The number of halogens is 1. The summed E-state index contributed by atoms with van der Waals surface area (Å²) in [6, 6.07) is 4.10. The number of hydrogen-bond acceptors (Lipinski definition) is 4. The second kappa shape index (κ2) is 6.44. The van der Waals surface area contributed by atoms with Gasteiger partial charge in [0.25, 0.3) is 0 Å². The van der Waals surface area contributed by atoms with Gasteiger partial charge >= 0.3 is 5.97 Å². The lowest BCUT2D eigenvalue weighted by atomic mass is 10.1. The summed E-state index contributed by atoms with van der Waals surface area (Å²) in [6.07, 6.45) is -2.05. The molecular weight excluding hydrogens is 241 g/mol. The minimum absolute atomic E-state index is 0.0481. The summed E-state index contributed by atoms with van der Waals surface area (Å²) in [6.45, 7) is 1.30. The monoisotopic (exact) mass is 257 g/mol. The summed E-state index contributed by atoms with van der Waals surface area (Å²) in [7, 11) is 0. The molecule has 4 N–H and O–H groups in total. The highest BCUT2D eigenvalue weighted by Crippen LogP contribution is 2.12. The van der Waals surface area contributed by atoms with Gasteiger partial charge < -0.3 is 15.3 Å². The van der Waals surface area contributed by atoms with Gasteiger partial charge in [0, 0.05) is 6.54 Å². The maximum absolute atomic E-state index is 12.7. The van der Waals surface area contributed by atoms with Crippen LogP contribution in [0.5, 0.6) is 0 Å². The van der Waals surface area contributed by atoms with Crippen LogP contribution in [0.3, 0.4) is 0 Å². The molecule has 1 rings (SSSR count). The van der Waals surface area contributed by atoms with Crippen molar-refractivity contribution in [2.75, 3.05) is 6.54 Å². The fraction of sp³-hybridized carbons (Fsp3) is 0.417. The van der Waals surface area contributed by atoms with E-state index >= 15 is 0 Å². The van der Waals surface area contributed by atoms with Gasteiger partial charge in [-0.25, -0.2) is 4.39 Å². The Kier molecular flexibility index (Phi) is 5.21. The minimum atomic E-state index is -1.20. The van der Waals surface area contributed by atoms with Crippen molar-refractivity contribution in [2.45, 2.75) is 25.2 Å². The molecule has 0 radical (unpaired) electrons. The lowest BCUT2D eigenvalue weighted by Gasteiger charge is -2.19. The SMILES string of the molecule is CC(O)C(NCC(O)c1ccc(F)cc1)C(=O)O. The van der Waals surface area contributed by atoms with Crippen LogP contribution in [0.2, 0.25) is 0 Å². The maximum atomic E-state index is 12.7. The normalized spacial score (nSPS) is 16.0. The smallest absolute Gasteiger partial charge is 0.323 e. The Morgan fingerprint density at radius 2 is 1.89 bits per heavy atom. The number of benzene rings is 1. The van der Waals surface area contributed by atoms with Gasteiger partial charge in [0.05, 0.1) is 12.2 Å². The summed E-state index contributed by atoms with van der Waals surface area (Å²) in [5.41, 5.74) is 0.471. The van der Waals surface area contributed by atoms with Crippen LogP contribution in [-0.4, -0.2) is 40.0 Å². The van der Waals surface area contributed by atoms with Gasteiger partial charge in [0.2, 0.25) is 0 Å². The third kappa shape index (κ3) is 4.06. The topological polar surface area (TPSA) is 89.8 Å². The van der Waals surface area contributed by atoms with E-state index in [-0.39, 0.29) is 6.54 Å². The van der Waals surface area contributed by atoms with Crippen molar-refractivity contribution < 1.29 is 24.5 Å². The quantitative estimate of drug-likeness (QED) is 0.588. The molecule has 0 amide bonds. The Hall–Kier alpha value is -1.50. The van der Waals surface area contributed by atoms with E-state index < -0.39 is 30.0 Å². The van der Waals surface area contributed by atoms with E-state index in [4.69, 9.17) is 5.11 Å². The lowest BCUT2D eigenvalue weighted by Crippen LogP contribution is -2.46. The molecule has 0 aliphatic carbocycles. The molecule has 100 valence electrons. The highest BCUT2D eigenvalue weighted by molar-refractivity contribution is 5.74. The van der Waals surface area contributed by atoms with Crippen LogP contribution in [0.25, 0.3) is 0 Å². The second-order valence-corrected chi connectivity index (χ2v) is 4.03. The highest BCUT2D eigenvalue weighted by Gasteiger charge is 2.23. The van der Waals surface area contributed by atoms with Crippen LogP contribution in [0.1, 0.15) is 18.6 Å². The van der Waals surface area contributed by atoms with E-state index in [1.54, 1.807) is 0 Å². The zero-order chi connectivity index (χ0) is 13.7. The zero-order valence-electron chi connectivity index (χ0n) is 9.88. The number of rotatable bonds is 6. The molecule has 0 spiro atoms. The van der Waals surface area contributed by atoms with E-state index in [0.29, 0.717) is 5.56 Å². The predicted octanol–water partition coefficient (Wildman–Crippen LogP) is 0.283. The van der Waals surface area contributed by atoms with Crippen LogP contribution < -0.4 is 5.32 Å². The van der Waals surface area contributed by atoms with Gasteiger partial charge in [-0.1, -0.05) is 12.1 Å². The van der Waals surface area contributed by atoms with Gasteiger partial charge in [0.1, 0.15) is 11.9 Å². The molecule has 0 saturated carbocycles. The molecule has 1 aromatic carbocycles. The van der Waals surface area contributed by atoms with Crippen LogP contribution in [0.15, 0.2) is 24.3 Å². The van der Waals surface area contributed by atoms with Crippen LogP contribution in [0.4, 0.5) is 4.39 Å². The number of hydrogen-bond donors (Lipinski definition) is 4.